The summed E-state index contributed by atoms with van der Waals surface area (Å²) in [7, 11) is 0. The Morgan fingerprint density at radius 2 is 2.20 bits per heavy atom. The van der Waals surface area contributed by atoms with E-state index in [1.807, 2.05) is 0 Å². The smallest absolute Gasteiger partial charge is 0.260 e. The van der Waals surface area contributed by atoms with Crippen LogP contribution in [0.25, 0.3) is 0 Å². The third-order valence-corrected chi connectivity index (χ3v) is 2.76. The molecular formula is C12H17ClN4O3. The van der Waals surface area contributed by atoms with Crippen LogP contribution in [0, 0.1) is 5.41 Å². The van der Waals surface area contributed by atoms with Gasteiger partial charge in [0.2, 0.25) is 5.88 Å². The molecule has 1 saturated heterocycles. The van der Waals surface area contributed by atoms with Gasteiger partial charge < -0.3 is 20.1 Å². The van der Waals surface area contributed by atoms with Gasteiger partial charge in [-0.3, -0.25) is 10.2 Å². The molecule has 1 aromatic heterocycles. The van der Waals surface area contributed by atoms with Crippen molar-refractivity contribution >= 4 is 24.1 Å². The minimum Gasteiger partial charge on any atom is -0.467 e. The molecule has 0 atom stereocenters. The lowest BCUT2D eigenvalue weighted by Crippen LogP contribution is -2.43. The number of nitrogens with one attached hydrogen (secondary N) is 1. The van der Waals surface area contributed by atoms with Crippen molar-refractivity contribution in [2.45, 2.75) is 0 Å². The fourth-order valence-corrected chi connectivity index (χ4v) is 1.74. The largest absolute Gasteiger partial charge is 0.467 e. The Balaban J connectivity index is 0.00000200. The fourth-order valence-electron chi connectivity index (χ4n) is 1.74. The van der Waals surface area contributed by atoms with Gasteiger partial charge in [-0.25, -0.2) is 4.98 Å². The summed E-state index contributed by atoms with van der Waals surface area (Å²) in [5.74, 6) is -0.0537. The number of morpholine rings is 1. The van der Waals surface area contributed by atoms with Gasteiger partial charge in [0.1, 0.15) is 5.84 Å². The van der Waals surface area contributed by atoms with Crippen molar-refractivity contribution in [1.82, 2.24) is 9.88 Å². The summed E-state index contributed by atoms with van der Waals surface area (Å²) in [5, 5.41) is 7.40. The molecule has 3 N–H and O–H groups in total. The number of carbonyl (C=O) groups is 1. The molecule has 2 heterocycles. The van der Waals surface area contributed by atoms with Crippen LogP contribution in [0.4, 0.5) is 0 Å². The molecule has 7 nitrogen and oxygen atoms in total. The van der Waals surface area contributed by atoms with Gasteiger partial charge in [0, 0.05) is 19.3 Å². The van der Waals surface area contributed by atoms with Crippen LogP contribution in [0.5, 0.6) is 5.88 Å². The number of halogens is 1. The van der Waals surface area contributed by atoms with Gasteiger partial charge in [0.05, 0.1) is 18.8 Å². The van der Waals surface area contributed by atoms with Crippen molar-refractivity contribution in [3.05, 3.63) is 23.9 Å². The second-order valence-electron chi connectivity index (χ2n) is 4.05. The first-order valence-corrected chi connectivity index (χ1v) is 5.96. The van der Waals surface area contributed by atoms with Crippen LogP contribution in [-0.2, 0) is 9.53 Å². The molecule has 0 saturated carbocycles. The Bertz CT molecular complexity index is 478. The van der Waals surface area contributed by atoms with Crippen LogP contribution in [-0.4, -0.2) is 54.5 Å². The third-order valence-electron chi connectivity index (χ3n) is 2.76. The van der Waals surface area contributed by atoms with Gasteiger partial charge in [0.25, 0.3) is 5.91 Å². The predicted octanol–water partition coefficient (Wildman–Crippen LogP) is 0.0251. The molecule has 0 unspecified atom stereocenters. The molecule has 1 aliphatic heterocycles. The summed E-state index contributed by atoms with van der Waals surface area (Å²) in [6, 6.07) is 3.29. The first kappa shape index (κ1) is 16.2. The van der Waals surface area contributed by atoms with E-state index in [-0.39, 0.29) is 36.6 Å². The zero-order valence-corrected chi connectivity index (χ0v) is 11.7. The second-order valence-corrected chi connectivity index (χ2v) is 4.05. The zero-order valence-electron chi connectivity index (χ0n) is 10.9. The fraction of sp³-hybridized carbons (Fsp3) is 0.417. The van der Waals surface area contributed by atoms with E-state index in [0.717, 1.165) is 0 Å². The number of nitrogens with zero attached hydrogens (tertiary/aromatic N) is 2. The highest BCUT2D eigenvalue weighted by Crippen LogP contribution is 2.13. The normalized spacial score (nSPS) is 14.3. The molecular weight excluding hydrogens is 284 g/mol. The van der Waals surface area contributed by atoms with Gasteiger partial charge in [-0.2, -0.15) is 0 Å². The van der Waals surface area contributed by atoms with Gasteiger partial charge in [-0.1, -0.05) is 0 Å². The lowest BCUT2D eigenvalue weighted by Gasteiger charge is -2.26. The summed E-state index contributed by atoms with van der Waals surface area (Å²) < 4.78 is 10.5. The number of ether oxygens (including phenoxy) is 2. The van der Waals surface area contributed by atoms with Crippen LogP contribution in [0.3, 0.4) is 0 Å². The van der Waals surface area contributed by atoms with Crippen LogP contribution in [0.15, 0.2) is 18.3 Å². The second kappa shape index (κ2) is 7.66. The Hall–Kier alpha value is -1.86. The van der Waals surface area contributed by atoms with E-state index < -0.39 is 0 Å². The minimum atomic E-state index is -0.137. The molecule has 0 spiro atoms. The van der Waals surface area contributed by atoms with Crippen molar-refractivity contribution < 1.29 is 14.3 Å². The SMILES string of the molecule is Cl.N=C(N)c1cccnc1OCC(=O)N1CCOCC1. The maximum Gasteiger partial charge on any atom is 0.260 e. The highest BCUT2D eigenvalue weighted by atomic mass is 35.5. The van der Waals surface area contributed by atoms with E-state index in [1.54, 1.807) is 17.0 Å². The maximum absolute atomic E-state index is 11.9. The molecule has 8 heteroatoms. The number of pyridine rings is 1. The first-order valence-electron chi connectivity index (χ1n) is 5.96. The molecule has 1 amide bonds. The van der Waals surface area contributed by atoms with E-state index in [4.69, 9.17) is 20.6 Å². The monoisotopic (exact) mass is 300 g/mol. The van der Waals surface area contributed by atoms with Crippen LogP contribution < -0.4 is 10.5 Å². The number of nitrogens with two attached hydrogens (primary N) is 1. The first-order chi connectivity index (χ1) is 9.18. The molecule has 20 heavy (non-hydrogen) atoms. The summed E-state index contributed by atoms with van der Waals surface area (Å²) in [6.45, 7) is 2.13. The lowest BCUT2D eigenvalue weighted by atomic mass is 10.2. The molecule has 0 radical (unpaired) electrons. The lowest BCUT2D eigenvalue weighted by molar-refractivity contribution is -0.137. The number of aromatic nitrogens is 1. The average molecular weight is 301 g/mol. The van der Waals surface area contributed by atoms with Crippen molar-refractivity contribution in [3.63, 3.8) is 0 Å². The number of hydrogen-bond acceptors (Lipinski definition) is 5. The van der Waals surface area contributed by atoms with Gasteiger partial charge in [-0.05, 0) is 12.1 Å². The quantitative estimate of drug-likeness (QED) is 0.603. The molecule has 1 aliphatic rings. The number of amides is 1. The van der Waals surface area contributed by atoms with Crippen molar-refractivity contribution in [1.29, 1.82) is 5.41 Å². The summed E-state index contributed by atoms with van der Waals surface area (Å²) in [4.78, 5) is 17.5. The van der Waals surface area contributed by atoms with Gasteiger partial charge >= 0.3 is 0 Å². The van der Waals surface area contributed by atoms with E-state index in [9.17, 15) is 4.79 Å². The number of rotatable bonds is 4. The summed E-state index contributed by atoms with van der Waals surface area (Å²) in [5.41, 5.74) is 5.80. The highest BCUT2D eigenvalue weighted by molar-refractivity contribution is 5.97. The number of hydrogen-bond donors (Lipinski definition) is 2. The molecule has 2 rings (SSSR count). The Labute approximate surface area is 123 Å². The molecule has 110 valence electrons. The van der Waals surface area contributed by atoms with E-state index >= 15 is 0 Å². The van der Waals surface area contributed by atoms with Crippen LogP contribution in [0.2, 0.25) is 0 Å². The van der Waals surface area contributed by atoms with E-state index in [0.29, 0.717) is 31.9 Å². The molecule has 0 bridgehead atoms. The molecule has 0 aromatic carbocycles. The highest BCUT2D eigenvalue weighted by Gasteiger charge is 2.18. The Kier molecular flexibility index (Phi) is 6.20. The number of nitrogen functional groups attached to an aromatic ring is 1. The van der Waals surface area contributed by atoms with Crippen molar-refractivity contribution in [2.75, 3.05) is 32.9 Å². The Morgan fingerprint density at radius 1 is 1.50 bits per heavy atom. The van der Waals surface area contributed by atoms with Crippen LogP contribution >= 0.6 is 12.4 Å². The van der Waals surface area contributed by atoms with Gasteiger partial charge in [-0.15, -0.1) is 12.4 Å². The zero-order chi connectivity index (χ0) is 13.7. The van der Waals surface area contributed by atoms with E-state index in [1.165, 1.54) is 6.20 Å². The molecule has 1 fully saturated rings. The average Bonchev–Trinajstić information content (AvgIpc) is 2.46. The number of carbonyl (C=O) groups excluding carboxylic acids is 1. The summed E-state index contributed by atoms with van der Waals surface area (Å²) >= 11 is 0. The topological polar surface area (TPSA) is 102 Å². The third kappa shape index (κ3) is 4.07. The van der Waals surface area contributed by atoms with Gasteiger partial charge in [0.15, 0.2) is 6.61 Å². The standard InChI is InChI=1S/C12H16N4O3.ClH/c13-11(14)9-2-1-3-15-12(9)19-8-10(17)16-4-6-18-7-5-16;/h1-3H,4-8H2,(H3,13,14);1H. The van der Waals surface area contributed by atoms with E-state index in [2.05, 4.69) is 4.98 Å². The van der Waals surface area contributed by atoms with Crippen molar-refractivity contribution in [3.8, 4) is 5.88 Å². The number of amidine groups is 1. The minimum absolute atomic E-state index is 0. The maximum atomic E-state index is 11.9. The summed E-state index contributed by atoms with van der Waals surface area (Å²) in [6.07, 6.45) is 1.53. The van der Waals surface area contributed by atoms with Crippen LogP contribution in [0.1, 0.15) is 5.56 Å². The predicted molar refractivity (Wildman–Crippen MR) is 75.4 cm³/mol. The molecule has 0 aliphatic carbocycles. The molecule has 1 aromatic rings. The Morgan fingerprint density at radius 3 is 2.85 bits per heavy atom. The van der Waals surface area contributed by atoms with Crippen molar-refractivity contribution in [2.24, 2.45) is 5.73 Å².